The molecule has 0 aromatic carbocycles. The zero-order valence-electron chi connectivity index (χ0n) is 31.8. The van der Waals surface area contributed by atoms with Gasteiger partial charge in [0.1, 0.15) is 36.3 Å². The third-order valence-corrected chi connectivity index (χ3v) is 14.3. The largest absolute Gasteiger partial charge is 0.380 e. The molecule has 0 aromatic heterocycles. The molecule has 12 bridgehead atoms. The number of carbonyl (C=O) groups is 1. The van der Waals surface area contributed by atoms with Gasteiger partial charge in [0.2, 0.25) is 0 Å². The van der Waals surface area contributed by atoms with Crippen molar-refractivity contribution < 1.29 is 52.2 Å². The van der Waals surface area contributed by atoms with Crippen LogP contribution in [0.5, 0.6) is 0 Å². The number of ether oxygens (including phenoxy) is 10. The van der Waals surface area contributed by atoms with Crippen LogP contribution in [0.15, 0.2) is 24.3 Å². The quantitative estimate of drug-likeness (QED) is 0.407. The van der Waals surface area contributed by atoms with Gasteiger partial charge in [-0.3, -0.25) is 4.79 Å². The fourth-order valence-corrected chi connectivity index (χ4v) is 11.5. The molecule has 10 heterocycles. The number of fused-ring (bicyclic) bond motifs is 6. The second-order valence-corrected chi connectivity index (χ2v) is 17.6. The Kier molecular flexibility index (Phi) is 10.5. The van der Waals surface area contributed by atoms with E-state index < -0.39 is 5.79 Å². The molecule has 19 atom stereocenters. The van der Waals surface area contributed by atoms with Crippen LogP contribution >= 0.6 is 0 Å². The van der Waals surface area contributed by atoms with Crippen LogP contribution < -0.4 is 5.73 Å². The van der Waals surface area contributed by atoms with Crippen molar-refractivity contribution >= 4 is 5.78 Å². The minimum atomic E-state index is -0.772. The van der Waals surface area contributed by atoms with E-state index in [0.29, 0.717) is 51.0 Å². The van der Waals surface area contributed by atoms with Crippen molar-refractivity contribution in [2.75, 3.05) is 20.8 Å². The Bertz CT molecular complexity index is 1390. The van der Waals surface area contributed by atoms with Gasteiger partial charge in [-0.2, -0.15) is 0 Å². The van der Waals surface area contributed by atoms with Crippen LogP contribution in [0.2, 0.25) is 0 Å². The average molecular weight is 744 g/mol. The number of methoxy groups -OCH3 is 2. The summed E-state index contributed by atoms with van der Waals surface area (Å²) in [5.74, 6) is -0.501. The smallest absolute Gasteiger partial charge is 0.172 e. The number of rotatable bonds is 5. The van der Waals surface area contributed by atoms with E-state index in [-0.39, 0.29) is 109 Å². The number of hydrogen-bond donors (Lipinski definition) is 1. The van der Waals surface area contributed by atoms with Gasteiger partial charge < -0.3 is 53.1 Å². The highest BCUT2D eigenvalue weighted by Gasteiger charge is 2.68. The predicted octanol–water partition coefficient (Wildman–Crippen LogP) is 4.09. The van der Waals surface area contributed by atoms with Gasteiger partial charge in [0.25, 0.3) is 0 Å². The van der Waals surface area contributed by atoms with E-state index in [9.17, 15) is 4.79 Å². The zero-order chi connectivity index (χ0) is 36.6. The third-order valence-electron chi connectivity index (χ3n) is 14.3. The van der Waals surface area contributed by atoms with Gasteiger partial charge in [0.15, 0.2) is 5.79 Å². The van der Waals surface area contributed by atoms with Crippen molar-refractivity contribution in [3.8, 4) is 0 Å². The van der Waals surface area contributed by atoms with E-state index >= 15 is 0 Å². The minimum absolute atomic E-state index is 0.00437. The molecular formula is C41H61NO11. The van der Waals surface area contributed by atoms with E-state index in [2.05, 4.69) is 20.1 Å². The van der Waals surface area contributed by atoms with Crippen LogP contribution in [0.3, 0.4) is 0 Å². The van der Waals surface area contributed by atoms with E-state index in [1.807, 2.05) is 0 Å². The lowest BCUT2D eigenvalue weighted by atomic mass is 9.81. The Labute approximate surface area is 314 Å². The molecule has 10 rings (SSSR count). The predicted molar refractivity (Wildman–Crippen MR) is 191 cm³/mol. The van der Waals surface area contributed by atoms with Gasteiger partial charge in [-0.15, -0.1) is 0 Å². The molecule has 10 saturated heterocycles. The molecule has 0 saturated carbocycles. The molecule has 2 N–H and O–H groups in total. The van der Waals surface area contributed by atoms with Crippen molar-refractivity contribution in [3.05, 3.63) is 24.3 Å². The van der Waals surface area contributed by atoms with Gasteiger partial charge in [-0.1, -0.05) is 20.1 Å². The Balaban J connectivity index is 0.993. The first-order valence-corrected chi connectivity index (χ1v) is 20.6. The Morgan fingerprint density at radius 1 is 0.774 bits per heavy atom. The van der Waals surface area contributed by atoms with E-state index in [0.717, 1.165) is 56.1 Å². The van der Waals surface area contributed by atoms with Crippen LogP contribution in [0.4, 0.5) is 0 Å². The highest BCUT2D eigenvalue weighted by Crippen LogP contribution is 2.54. The third kappa shape index (κ3) is 6.94. The maximum atomic E-state index is 14.1. The van der Waals surface area contributed by atoms with E-state index in [1.54, 1.807) is 14.2 Å². The number of ketones is 1. The highest BCUT2D eigenvalue weighted by atomic mass is 16.8. The molecule has 10 aliphatic rings. The molecule has 1 unspecified atom stereocenters. The SMILES string of the molecule is C=C1C[C@@H]2CC[C@@]34C[C@H]5OC6[C@@H](O[C@H]7CC[C@H](CC(=O)C[C@@H]8[C@@H](OC)[C@@H](C[C@@H](CN)OC)O[C@H]8C[C@H]8O[C@@H](CC[C@@H]1O2)C[C@@H](C)C8=C)O[C@@H]7[C@@H]6O3)[C@H]5O4. The Hall–Kier alpha value is -1.29. The first kappa shape index (κ1) is 37.3. The number of carbonyl (C=O) groups excluding carboxylic acids is 1. The molecule has 0 aliphatic carbocycles. The summed E-state index contributed by atoms with van der Waals surface area (Å²) >= 11 is 0. The molecule has 10 fully saturated rings. The van der Waals surface area contributed by atoms with Gasteiger partial charge >= 0.3 is 0 Å². The summed E-state index contributed by atoms with van der Waals surface area (Å²) in [6.45, 7) is 11.6. The fraction of sp³-hybridized carbons (Fsp3) is 0.878. The van der Waals surface area contributed by atoms with Crippen LogP contribution in [0.1, 0.15) is 90.4 Å². The maximum Gasteiger partial charge on any atom is 0.172 e. The average Bonchev–Trinajstić information content (AvgIpc) is 3.82. The lowest BCUT2D eigenvalue weighted by Crippen LogP contribution is -2.61. The fourth-order valence-electron chi connectivity index (χ4n) is 11.5. The molecular weight excluding hydrogens is 682 g/mol. The second kappa shape index (κ2) is 14.9. The van der Waals surface area contributed by atoms with E-state index in [1.165, 1.54) is 0 Å². The standard InChI is InChI=1S/C41H61NO11/c1-20-12-24-6-8-29-21(2)13-26(46-29)10-11-41-18-34-37(52-41)38-39(51-34)40(53-41)36-30(50-38)9-7-25(48-36)14-23(43)15-28-32(17-31(47-24)22(20)3)49-33(35(28)45-5)16-27(19-42)44-4/h20,24-40H,2-3,6-19,42H2,1,4-5H3/t20-,24+,25-,26+,27+,28+,29+,30+,31-,32+,33-,34-,35-,36+,37+,38+,39?,40+,41+/m1/s1. The summed E-state index contributed by atoms with van der Waals surface area (Å²) in [6, 6.07) is 0. The van der Waals surface area contributed by atoms with Crippen molar-refractivity contribution in [1.29, 1.82) is 0 Å². The molecule has 12 heteroatoms. The number of Topliss-reactive ketones (excluding diaryl/α,β-unsaturated/α-hetero) is 1. The molecule has 1 spiro atoms. The lowest BCUT2D eigenvalue weighted by Gasteiger charge is -2.47. The van der Waals surface area contributed by atoms with Crippen LogP contribution in [-0.4, -0.2) is 130 Å². The second-order valence-electron chi connectivity index (χ2n) is 17.6. The number of hydrogen-bond acceptors (Lipinski definition) is 12. The topological polar surface area (TPSA) is 135 Å². The van der Waals surface area contributed by atoms with E-state index in [4.69, 9.17) is 53.1 Å². The van der Waals surface area contributed by atoms with Crippen LogP contribution in [0.25, 0.3) is 0 Å². The Morgan fingerprint density at radius 2 is 1.53 bits per heavy atom. The van der Waals surface area contributed by atoms with Crippen molar-refractivity contribution in [2.24, 2.45) is 17.6 Å². The number of nitrogens with two attached hydrogens (primary N) is 1. The van der Waals surface area contributed by atoms with Gasteiger partial charge in [-0.25, -0.2) is 0 Å². The minimum Gasteiger partial charge on any atom is -0.380 e. The molecule has 0 amide bonds. The summed E-state index contributed by atoms with van der Waals surface area (Å²) < 4.78 is 66.1. The Morgan fingerprint density at radius 3 is 2.34 bits per heavy atom. The summed E-state index contributed by atoms with van der Waals surface area (Å²) in [6.07, 6.45) is 6.30. The lowest BCUT2D eigenvalue weighted by molar-refractivity contribution is -0.292. The van der Waals surface area contributed by atoms with Crippen LogP contribution in [-0.2, 0) is 52.2 Å². The van der Waals surface area contributed by atoms with Gasteiger partial charge in [0, 0.05) is 65.2 Å². The van der Waals surface area contributed by atoms with Gasteiger partial charge in [-0.05, 0) is 62.0 Å². The van der Waals surface area contributed by atoms with Gasteiger partial charge in [0.05, 0.1) is 67.1 Å². The monoisotopic (exact) mass is 743 g/mol. The summed E-state index contributed by atoms with van der Waals surface area (Å²) in [7, 11) is 3.38. The molecule has 53 heavy (non-hydrogen) atoms. The molecule has 12 nitrogen and oxygen atoms in total. The normalized spacial score (nSPS) is 51.6. The molecule has 10 aliphatic heterocycles. The first-order valence-electron chi connectivity index (χ1n) is 20.6. The van der Waals surface area contributed by atoms with Crippen molar-refractivity contribution in [3.63, 3.8) is 0 Å². The molecule has 0 aromatic rings. The van der Waals surface area contributed by atoms with Crippen LogP contribution in [0, 0.1) is 11.8 Å². The summed E-state index contributed by atoms with van der Waals surface area (Å²) in [5, 5.41) is 0. The maximum absolute atomic E-state index is 14.1. The molecule has 296 valence electrons. The molecule has 0 radical (unpaired) electrons. The summed E-state index contributed by atoms with van der Waals surface area (Å²) in [5.41, 5.74) is 8.29. The zero-order valence-corrected chi connectivity index (χ0v) is 31.8. The van der Waals surface area contributed by atoms with Crippen molar-refractivity contribution in [1.82, 2.24) is 0 Å². The van der Waals surface area contributed by atoms with Crippen molar-refractivity contribution in [2.45, 2.75) is 194 Å². The summed E-state index contributed by atoms with van der Waals surface area (Å²) in [4.78, 5) is 14.1. The highest BCUT2D eigenvalue weighted by molar-refractivity contribution is 5.79. The first-order chi connectivity index (χ1) is 25.6.